The zero-order valence-electron chi connectivity index (χ0n) is 20.0. The summed E-state index contributed by atoms with van der Waals surface area (Å²) in [4.78, 5) is 15.0. The Balaban J connectivity index is 0.000000316. The van der Waals surface area contributed by atoms with E-state index in [9.17, 15) is 23.9 Å². The van der Waals surface area contributed by atoms with Gasteiger partial charge in [0.2, 0.25) is 0 Å². The number of anilines is 1. The normalized spacial score (nSPS) is 13.0. The molecule has 12 nitrogen and oxygen atoms in total. The summed E-state index contributed by atoms with van der Waals surface area (Å²) in [5, 5.41) is 53.2. The molecule has 2 aromatic carbocycles. The van der Waals surface area contributed by atoms with E-state index in [-0.39, 0.29) is 15.8 Å². The van der Waals surface area contributed by atoms with Crippen molar-refractivity contribution in [2.45, 2.75) is 45.3 Å². The predicted molar refractivity (Wildman–Crippen MR) is 136 cm³/mol. The molecule has 0 fully saturated rings. The molecule has 0 aliphatic carbocycles. The number of carbonyl (C=O) groups excluding carboxylic acids is 1. The van der Waals surface area contributed by atoms with Crippen LogP contribution in [0.3, 0.4) is 0 Å². The molecule has 1 amide bonds. The molecule has 3 aromatic rings. The van der Waals surface area contributed by atoms with Crippen molar-refractivity contribution in [2.75, 3.05) is 5.32 Å². The molecule has 0 saturated carbocycles. The first-order valence-electron chi connectivity index (χ1n) is 10.3. The Morgan fingerprint density at radius 1 is 1.11 bits per heavy atom. The van der Waals surface area contributed by atoms with E-state index in [0.717, 1.165) is 15.8 Å². The molecule has 0 aliphatic rings. The van der Waals surface area contributed by atoms with Gasteiger partial charge in [0.05, 0.1) is 26.9 Å². The maximum Gasteiger partial charge on any atom is 0.631 e. The Bertz CT molecular complexity index is 1200. The first-order chi connectivity index (χ1) is 16.3. The van der Waals surface area contributed by atoms with E-state index < -0.39 is 38.6 Å². The Labute approximate surface area is 214 Å². The van der Waals surface area contributed by atoms with Gasteiger partial charge in [0.25, 0.3) is 0 Å². The molecule has 0 spiro atoms. The number of aromatic nitrogens is 1. The Morgan fingerprint density at radius 3 is 2.19 bits per heavy atom. The summed E-state index contributed by atoms with van der Waals surface area (Å²) >= 11 is -3.56. The molecule has 1 unspecified atom stereocenters. The quantitative estimate of drug-likeness (QED) is 0.133. The zero-order chi connectivity index (χ0) is 27.9. The third kappa shape index (κ3) is 10.0. The number of carbonyl (C=O) groups is 1. The second kappa shape index (κ2) is 12.8. The number of phenols is 1. The molecule has 0 bridgehead atoms. The van der Waals surface area contributed by atoms with Gasteiger partial charge in [-0.05, 0) is 38.5 Å². The number of aromatic hydroxyl groups is 1. The number of hydrogen-bond acceptors (Lipinski definition) is 10. The molecular weight excluding hydrogens is 558 g/mol. The number of thiazole rings is 1. The van der Waals surface area contributed by atoms with Crippen molar-refractivity contribution in [2.24, 2.45) is 0 Å². The van der Waals surface area contributed by atoms with E-state index in [1.165, 1.54) is 25.1 Å². The van der Waals surface area contributed by atoms with Gasteiger partial charge in [0.15, 0.2) is 0 Å². The number of rotatable bonds is 5. The minimum Gasteiger partial charge on any atom is -0.402 e. The fraction of sp³-hybridized carbons (Fsp3) is 0.333. The first-order valence-corrected chi connectivity index (χ1v) is 14.6. The summed E-state index contributed by atoms with van der Waals surface area (Å²) in [6.07, 6.45) is 0.421. The number of para-hydroxylation sites is 1. The van der Waals surface area contributed by atoms with Gasteiger partial charge in [-0.2, -0.15) is 0 Å². The minimum absolute atomic E-state index is 0.225. The van der Waals surface area contributed by atoms with Crippen molar-refractivity contribution in [3.8, 4) is 5.75 Å². The van der Waals surface area contributed by atoms with E-state index >= 15 is 0 Å². The molecule has 3 rings (SSSR count). The number of fused-ring (bicyclic) bond motifs is 1. The Kier molecular flexibility index (Phi) is 11.3. The van der Waals surface area contributed by atoms with E-state index in [1.807, 2.05) is 23.7 Å². The third-order valence-electron chi connectivity index (χ3n) is 4.90. The van der Waals surface area contributed by atoms with Gasteiger partial charge in [-0.3, -0.25) is 0 Å². The summed E-state index contributed by atoms with van der Waals surface area (Å²) in [7, 11) is -2.17. The molecule has 15 heteroatoms. The fourth-order valence-corrected chi connectivity index (χ4v) is 5.00. The first kappa shape index (κ1) is 31.8. The fourth-order valence-electron chi connectivity index (χ4n) is 2.70. The van der Waals surface area contributed by atoms with Gasteiger partial charge >= 0.3 is 95.5 Å². The molecule has 9 N–H and O–H groups in total. The monoisotopic (exact) mass is 588 g/mol. The third-order valence-corrected chi connectivity index (χ3v) is 7.79. The van der Waals surface area contributed by atoms with Crippen LogP contribution in [0.4, 0.5) is 5.69 Å². The molecule has 1 heterocycles. The van der Waals surface area contributed by atoms with Crippen molar-refractivity contribution < 1.29 is 47.1 Å². The molecule has 198 valence electrons. The summed E-state index contributed by atoms with van der Waals surface area (Å²) in [5.41, 5.74) is 1.29. The number of aliphatic hydroxyl groups is 2. The van der Waals surface area contributed by atoms with Crippen molar-refractivity contribution in [3.63, 3.8) is 0 Å². The second-order valence-corrected chi connectivity index (χ2v) is 12.6. The van der Waals surface area contributed by atoms with Crippen LogP contribution in [-0.4, -0.2) is 82.2 Å². The van der Waals surface area contributed by atoms with Gasteiger partial charge in [0.1, 0.15) is 0 Å². The van der Waals surface area contributed by atoms with Crippen LogP contribution in [0.25, 0.3) is 10.2 Å². The number of hydrogen-bond donors (Lipinski definition) is 9. The maximum atomic E-state index is 11.1. The Hall–Kier alpha value is -2.26. The number of nitrogens with zero attached hydrogens (tertiary/aromatic N) is 1. The van der Waals surface area contributed by atoms with Gasteiger partial charge in [-0.1, -0.05) is 6.07 Å². The van der Waals surface area contributed by atoms with Crippen LogP contribution in [-0.2, 0) is 15.0 Å². The van der Waals surface area contributed by atoms with E-state index in [4.69, 9.17) is 23.3 Å². The average Bonchev–Trinajstić information content (AvgIpc) is 3.15. The summed E-state index contributed by atoms with van der Waals surface area (Å²) in [6.45, 7) is 6.09. The van der Waals surface area contributed by atoms with Gasteiger partial charge in [-0.15, -0.1) is 11.3 Å². The molecule has 0 aliphatic heterocycles. The smallest absolute Gasteiger partial charge is 0.402 e. The van der Waals surface area contributed by atoms with Crippen LogP contribution in [0.2, 0.25) is 0 Å². The van der Waals surface area contributed by atoms with Crippen LogP contribution < -0.4 is 9.67 Å². The van der Waals surface area contributed by atoms with Crippen molar-refractivity contribution in [1.82, 2.24) is 4.98 Å². The Morgan fingerprint density at radius 2 is 1.69 bits per heavy atom. The van der Waals surface area contributed by atoms with E-state index in [0.29, 0.717) is 6.42 Å². The molecular formula is C21H30AsBN2O10S. The van der Waals surface area contributed by atoms with Crippen LogP contribution in [0, 0.1) is 0 Å². The van der Waals surface area contributed by atoms with Crippen LogP contribution in [0.15, 0.2) is 41.9 Å². The second-order valence-electron chi connectivity index (χ2n) is 8.41. The molecule has 0 radical (unpaired) electrons. The van der Waals surface area contributed by atoms with E-state index in [1.54, 1.807) is 32.1 Å². The van der Waals surface area contributed by atoms with Crippen molar-refractivity contribution in [1.29, 1.82) is 0 Å². The van der Waals surface area contributed by atoms with Gasteiger partial charge in [-0.25, -0.2) is 4.98 Å². The molecule has 36 heavy (non-hydrogen) atoms. The number of phenolic OH excluding ortho intramolecular Hbond substituents is 1. The minimum atomic E-state index is -5.14. The standard InChI is InChI=1S/C13H17NO2S.C8H10AsNO5.BH3O3/c1-12(2,15)13(3,16)7-9-4-5-10-11(6-9)17-8-14-10;1-5(11)10-8-6(9(13,14)15)3-2-4-7(8)12;2-1(3)4/h4-6,8,15-16H,7H2,1-3H3;2-4,12H,1H3,(H,10,11)(H2,13,14,15);2-4H. The maximum absolute atomic E-state index is 11.1. The number of benzene rings is 2. The van der Waals surface area contributed by atoms with Crippen LogP contribution in [0.5, 0.6) is 5.75 Å². The summed E-state index contributed by atoms with van der Waals surface area (Å²) < 4.78 is 29.9. The number of amides is 1. The summed E-state index contributed by atoms with van der Waals surface area (Å²) in [5.74, 6) is -0.880. The number of nitrogens with one attached hydrogen (secondary N) is 1. The van der Waals surface area contributed by atoms with Crippen molar-refractivity contribution >= 4 is 59.0 Å². The van der Waals surface area contributed by atoms with Gasteiger partial charge in [0, 0.05) is 6.42 Å². The topological polar surface area (TPSA) is 221 Å². The largest absolute Gasteiger partial charge is 0.631 e. The molecule has 0 saturated heterocycles. The van der Waals surface area contributed by atoms with E-state index in [2.05, 4.69) is 10.3 Å². The van der Waals surface area contributed by atoms with Crippen LogP contribution in [0.1, 0.15) is 33.3 Å². The molecule has 1 aromatic heterocycles. The average molecular weight is 588 g/mol. The SMILES string of the molecule is CC(=O)Nc1c(O)cccc1[As](=O)(O)O.CC(C)(O)C(C)(O)Cc1ccc2ncsc2c1.OB(O)O. The zero-order valence-corrected chi connectivity index (χ0v) is 22.7. The van der Waals surface area contributed by atoms with Crippen molar-refractivity contribution in [3.05, 3.63) is 47.5 Å². The predicted octanol–water partition coefficient (Wildman–Crippen LogP) is -0.780. The van der Waals surface area contributed by atoms with Gasteiger partial charge < -0.3 is 25.3 Å². The molecule has 1 atom stereocenters. The summed E-state index contributed by atoms with van der Waals surface area (Å²) in [6, 6.07) is 9.62. The van der Waals surface area contributed by atoms with Crippen LogP contribution >= 0.6 is 11.3 Å².